The maximum absolute atomic E-state index is 6.04. The van der Waals surface area contributed by atoms with E-state index < -0.39 is 0 Å². The Balaban J connectivity index is 1.14. The summed E-state index contributed by atoms with van der Waals surface area (Å²) in [6.07, 6.45) is 4.46. The van der Waals surface area contributed by atoms with Crippen LogP contribution in [0.5, 0.6) is 5.75 Å². The molecule has 4 aromatic rings. The molecule has 2 aromatic carbocycles. The third kappa shape index (κ3) is 6.57. The standard InChI is InChI=1S/C26H27ClN6O2/c27-20-3-2-19-16-22(18-29-24(19)17-20)30-25-8-9-28-26(32-25)31-21-4-6-23(7-5-21)35-13-1-10-33-11-14-34-15-12-33/h2-9,16-18H,1,10-15H2,(H2,28,30,31,32). The Bertz CT molecular complexity index is 1260. The summed E-state index contributed by atoms with van der Waals surface area (Å²) in [5, 5.41) is 8.18. The van der Waals surface area contributed by atoms with Gasteiger partial charge in [0.25, 0.3) is 0 Å². The molecule has 0 unspecified atom stereocenters. The van der Waals surface area contributed by atoms with Crippen LogP contribution in [0.3, 0.4) is 0 Å². The van der Waals surface area contributed by atoms with Gasteiger partial charge in [-0.15, -0.1) is 0 Å². The van der Waals surface area contributed by atoms with Gasteiger partial charge in [-0.1, -0.05) is 17.7 Å². The van der Waals surface area contributed by atoms with Gasteiger partial charge in [0.2, 0.25) is 5.95 Å². The molecule has 8 nitrogen and oxygen atoms in total. The second-order valence-electron chi connectivity index (χ2n) is 8.26. The van der Waals surface area contributed by atoms with Gasteiger partial charge >= 0.3 is 0 Å². The van der Waals surface area contributed by atoms with Gasteiger partial charge in [0.15, 0.2) is 0 Å². The lowest BCUT2D eigenvalue weighted by Crippen LogP contribution is -2.37. The Kier molecular flexibility index (Phi) is 7.53. The van der Waals surface area contributed by atoms with Crippen LogP contribution in [-0.2, 0) is 4.74 Å². The molecule has 0 radical (unpaired) electrons. The summed E-state index contributed by atoms with van der Waals surface area (Å²) < 4.78 is 11.3. The van der Waals surface area contributed by atoms with E-state index in [-0.39, 0.29) is 0 Å². The minimum absolute atomic E-state index is 0.495. The molecule has 0 amide bonds. The molecule has 3 heterocycles. The van der Waals surface area contributed by atoms with Crippen LogP contribution < -0.4 is 15.4 Å². The number of hydrogen-bond acceptors (Lipinski definition) is 8. The minimum Gasteiger partial charge on any atom is -0.494 e. The Morgan fingerprint density at radius 2 is 1.80 bits per heavy atom. The SMILES string of the molecule is Clc1ccc2cc(Nc3ccnc(Nc4ccc(OCCCN5CCOCC5)cc4)n3)cnc2c1. The van der Waals surface area contributed by atoms with Crippen LogP contribution in [0.2, 0.25) is 5.02 Å². The lowest BCUT2D eigenvalue weighted by molar-refractivity contribution is 0.0358. The number of halogens is 1. The number of rotatable bonds is 9. The van der Waals surface area contributed by atoms with E-state index in [0.29, 0.717) is 23.4 Å². The predicted molar refractivity (Wildman–Crippen MR) is 139 cm³/mol. The Morgan fingerprint density at radius 1 is 0.943 bits per heavy atom. The van der Waals surface area contributed by atoms with Crippen molar-refractivity contribution < 1.29 is 9.47 Å². The number of nitrogens with zero attached hydrogens (tertiary/aromatic N) is 4. The van der Waals surface area contributed by atoms with Crippen LogP contribution >= 0.6 is 11.6 Å². The molecule has 180 valence electrons. The zero-order valence-corrected chi connectivity index (χ0v) is 20.0. The summed E-state index contributed by atoms with van der Waals surface area (Å²) in [5.74, 6) is 2.01. The van der Waals surface area contributed by atoms with Gasteiger partial charge in [0.1, 0.15) is 11.6 Å². The number of aromatic nitrogens is 3. The second kappa shape index (κ2) is 11.3. The molecule has 0 bridgehead atoms. The maximum Gasteiger partial charge on any atom is 0.229 e. The smallest absolute Gasteiger partial charge is 0.229 e. The number of nitrogens with one attached hydrogen (secondary N) is 2. The lowest BCUT2D eigenvalue weighted by atomic mass is 10.2. The van der Waals surface area contributed by atoms with Crippen molar-refractivity contribution in [3.63, 3.8) is 0 Å². The number of pyridine rings is 1. The van der Waals surface area contributed by atoms with E-state index >= 15 is 0 Å². The summed E-state index contributed by atoms with van der Waals surface area (Å²) in [6.45, 7) is 5.40. The fourth-order valence-corrected chi connectivity index (χ4v) is 4.03. The second-order valence-corrected chi connectivity index (χ2v) is 8.69. The largest absolute Gasteiger partial charge is 0.494 e. The van der Waals surface area contributed by atoms with Crippen LogP contribution in [0.25, 0.3) is 10.9 Å². The molecule has 5 rings (SSSR count). The molecule has 9 heteroatoms. The molecule has 0 atom stereocenters. The fraction of sp³-hybridized carbons (Fsp3) is 0.269. The normalized spacial score (nSPS) is 14.1. The zero-order chi connectivity index (χ0) is 23.9. The Morgan fingerprint density at radius 3 is 2.66 bits per heavy atom. The molecule has 0 aliphatic carbocycles. The molecule has 2 aromatic heterocycles. The van der Waals surface area contributed by atoms with Crippen LogP contribution in [-0.4, -0.2) is 59.3 Å². The van der Waals surface area contributed by atoms with Gasteiger partial charge in [0, 0.05) is 41.9 Å². The predicted octanol–water partition coefficient (Wildman–Crippen LogP) is 5.27. The number of hydrogen-bond donors (Lipinski definition) is 2. The highest BCUT2D eigenvalue weighted by molar-refractivity contribution is 6.31. The van der Waals surface area contributed by atoms with E-state index in [1.807, 2.05) is 54.6 Å². The van der Waals surface area contributed by atoms with Crippen molar-refractivity contribution in [1.82, 2.24) is 19.9 Å². The van der Waals surface area contributed by atoms with Gasteiger partial charge < -0.3 is 20.1 Å². The Labute approximate surface area is 209 Å². The van der Waals surface area contributed by atoms with Crippen molar-refractivity contribution in [2.75, 3.05) is 50.1 Å². The van der Waals surface area contributed by atoms with Crippen LogP contribution in [0.4, 0.5) is 23.1 Å². The first-order chi connectivity index (χ1) is 17.2. The molecular weight excluding hydrogens is 464 g/mol. The first-order valence-corrected chi connectivity index (χ1v) is 12.0. The molecule has 2 N–H and O–H groups in total. The van der Waals surface area contributed by atoms with E-state index in [0.717, 1.165) is 67.3 Å². The van der Waals surface area contributed by atoms with Crippen LogP contribution in [0, 0.1) is 0 Å². The Hall–Kier alpha value is -3.46. The molecule has 1 aliphatic heterocycles. The first kappa shape index (κ1) is 23.3. The molecule has 1 aliphatic rings. The number of benzene rings is 2. The van der Waals surface area contributed by atoms with Gasteiger partial charge in [-0.25, -0.2) is 4.98 Å². The van der Waals surface area contributed by atoms with E-state index in [1.54, 1.807) is 12.4 Å². The highest BCUT2D eigenvalue weighted by Gasteiger charge is 2.09. The van der Waals surface area contributed by atoms with Crippen molar-refractivity contribution in [2.45, 2.75) is 6.42 Å². The number of morpholine rings is 1. The summed E-state index contributed by atoms with van der Waals surface area (Å²) >= 11 is 6.04. The van der Waals surface area contributed by atoms with Gasteiger partial charge in [-0.2, -0.15) is 4.98 Å². The van der Waals surface area contributed by atoms with Gasteiger partial charge in [-0.3, -0.25) is 9.88 Å². The van der Waals surface area contributed by atoms with Crippen LogP contribution in [0.15, 0.2) is 67.0 Å². The van der Waals surface area contributed by atoms with Crippen molar-refractivity contribution in [3.8, 4) is 5.75 Å². The van der Waals surface area contributed by atoms with E-state index in [2.05, 4.69) is 30.5 Å². The monoisotopic (exact) mass is 490 g/mol. The topological polar surface area (TPSA) is 84.4 Å². The molecular formula is C26H27ClN6O2. The molecule has 35 heavy (non-hydrogen) atoms. The zero-order valence-electron chi connectivity index (χ0n) is 19.3. The van der Waals surface area contributed by atoms with Gasteiger partial charge in [0.05, 0.1) is 37.2 Å². The maximum atomic E-state index is 6.04. The summed E-state index contributed by atoms with van der Waals surface area (Å²) in [4.78, 5) is 15.8. The van der Waals surface area contributed by atoms with E-state index in [4.69, 9.17) is 21.1 Å². The first-order valence-electron chi connectivity index (χ1n) is 11.7. The summed E-state index contributed by atoms with van der Waals surface area (Å²) in [7, 11) is 0. The number of ether oxygens (including phenoxy) is 2. The fourth-order valence-electron chi connectivity index (χ4n) is 3.87. The third-order valence-corrected chi connectivity index (χ3v) is 5.91. The van der Waals surface area contributed by atoms with Crippen molar-refractivity contribution in [2.24, 2.45) is 0 Å². The molecule has 1 fully saturated rings. The van der Waals surface area contributed by atoms with E-state index in [9.17, 15) is 0 Å². The number of fused-ring (bicyclic) bond motifs is 1. The quantitative estimate of drug-likeness (QED) is 0.307. The number of anilines is 4. The van der Waals surface area contributed by atoms with E-state index in [1.165, 1.54) is 0 Å². The molecule has 1 saturated heterocycles. The molecule has 0 spiro atoms. The minimum atomic E-state index is 0.495. The van der Waals surface area contributed by atoms with Crippen molar-refractivity contribution >= 4 is 45.6 Å². The summed E-state index contributed by atoms with van der Waals surface area (Å²) in [6, 6.07) is 17.3. The van der Waals surface area contributed by atoms with Gasteiger partial charge in [-0.05, 0) is 55.0 Å². The van der Waals surface area contributed by atoms with Crippen molar-refractivity contribution in [1.29, 1.82) is 0 Å². The average molecular weight is 491 g/mol. The average Bonchev–Trinajstić information content (AvgIpc) is 2.88. The lowest BCUT2D eigenvalue weighted by Gasteiger charge is -2.26. The molecule has 0 saturated carbocycles. The summed E-state index contributed by atoms with van der Waals surface area (Å²) in [5.41, 5.74) is 2.56. The highest BCUT2D eigenvalue weighted by atomic mass is 35.5. The third-order valence-electron chi connectivity index (χ3n) is 5.68. The van der Waals surface area contributed by atoms with Crippen molar-refractivity contribution in [3.05, 3.63) is 72.0 Å². The highest BCUT2D eigenvalue weighted by Crippen LogP contribution is 2.23. The van der Waals surface area contributed by atoms with Crippen LogP contribution in [0.1, 0.15) is 6.42 Å².